The molecule has 0 aliphatic carbocycles. The Bertz CT molecular complexity index is 721. The van der Waals surface area contributed by atoms with Crippen LogP contribution in [0.15, 0.2) is 30.3 Å². The zero-order chi connectivity index (χ0) is 19.8. The topological polar surface area (TPSA) is 36.1 Å². The predicted octanol–water partition coefficient (Wildman–Crippen LogP) is -1.47. The predicted molar refractivity (Wildman–Crippen MR) is 113 cm³/mol. The molecule has 0 spiro atoms. The molecule has 150 valence electrons. The van der Waals surface area contributed by atoms with Gasteiger partial charge in [-0.05, 0) is 12.2 Å². The number of benzene rings is 1. The van der Waals surface area contributed by atoms with E-state index in [0.29, 0.717) is 0 Å². The highest BCUT2D eigenvalue weighted by Gasteiger charge is 2.16. The van der Waals surface area contributed by atoms with Crippen molar-refractivity contribution in [3.05, 3.63) is 35.1 Å². The summed E-state index contributed by atoms with van der Waals surface area (Å²) in [5.74, 6) is 0.940. The summed E-state index contributed by atoms with van der Waals surface area (Å²) in [5, 5.41) is 4.85. The van der Waals surface area contributed by atoms with Crippen molar-refractivity contribution in [1.29, 1.82) is 0 Å². The standard InChI is InChI=1S/C20H34N6S/c1-22(2)13-9-15-25(16-10-14-23(3)4)17-26-20(27)24(5)19(21-26)18-11-7-6-8-12-18/h6-8,11-12H,9-10,13-17H2,1-5H3/p+3. The zero-order valence-corrected chi connectivity index (χ0v) is 18.4. The van der Waals surface area contributed by atoms with Gasteiger partial charge in [0.1, 0.15) is 0 Å². The second-order valence-electron chi connectivity index (χ2n) is 8.06. The Kier molecular flexibility index (Phi) is 8.63. The van der Waals surface area contributed by atoms with Crippen LogP contribution in [0.2, 0.25) is 0 Å². The molecule has 0 saturated heterocycles. The summed E-state index contributed by atoms with van der Waals surface area (Å²) in [6, 6.07) is 10.3. The summed E-state index contributed by atoms with van der Waals surface area (Å²) in [4.78, 5) is 4.58. The molecule has 1 aromatic heterocycles. The summed E-state index contributed by atoms with van der Waals surface area (Å²) in [7, 11) is 10.9. The first-order valence-electron chi connectivity index (χ1n) is 9.99. The van der Waals surface area contributed by atoms with Gasteiger partial charge in [-0.1, -0.05) is 30.3 Å². The summed E-state index contributed by atoms with van der Waals surface area (Å²) >= 11 is 5.68. The van der Waals surface area contributed by atoms with Crippen LogP contribution in [0.5, 0.6) is 0 Å². The van der Waals surface area contributed by atoms with Crippen LogP contribution < -0.4 is 14.7 Å². The molecular weight excluding hydrogens is 356 g/mol. The fourth-order valence-electron chi connectivity index (χ4n) is 3.31. The minimum absolute atomic E-state index is 0.794. The van der Waals surface area contributed by atoms with E-state index in [9.17, 15) is 0 Å². The van der Waals surface area contributed by atoms with Gasteiger partial charge in [-0.2, -0.15) is 4.68 Å². The quantitative estimate of drug-likeness (QED) is 0.408. The van der Waals surface area contributed by atoms with Gasteiger partial charge in [0.05, 0.1) is 54.4 Å². The molecule has 0 unspecified atom stereocenters. The van der Waals surface area contributed by atoms with Crippen molar-refractivity contribution < 1.29 is 14.7 Å². The lowest BCUT2D eigenvalue weighted by Crippen LogP contribution is -3.13. The van der Waals surface area contributed by atoms with Gasteiger partial charge in [0.2, 0.25) is 4.77 Å². The molecule has 0 amide bonds. The van der Waals surface area contributed by atoms with E-state index in [1.54, 1.807) is 4.90 Å². The van der Waals surface area contributed by atoms with Crippen molar-refractivity contribution in [1.82, 2.24) is 14.3 Å². The minimum Gasteiger partial charge on any atom is -0.340 e. The highest BCUT2D eigenvalue weighted by Crippen LogP contribution is 2.16. The van der Waals surface area contributed by atoms with Crippen molar-refractivity contribution in [2.75, 3.05) is 54.4 Å². The van der Waals surface area contributed by atoms with E-state index in [-0.39, 0.29) is 0 Å². The van der Waals surface area contributed by atoms with E-state index < -0.39 is 0 Å². The molecule has 0 radical (unpaired) electrons. The molecule has 0 bridgehead atoms. The molecule has 1 heterocycles. The molecule has 0 fully saturated rings. The lowest BCUT2D eigenvalue weighted by atomic mass is 10.2. The van der Waals surface area contributed by atoms with E-state index in [4.69, 9.17) is 17.3 Å². The zero-order valence-electron chi connectivity index (χ0n) is 17.6. The lowest BCUT2D eigenvalue weighted by Gasteiger charge is -2.20. The maximum atomic E-state index is 5.68. The molecule has 27 heavy (non-hydrogen) atoms. The SMILES string of the molecule is Cn1c(-c2ccccc2)nn(C[NH+](CCC[NH+](C)C)CCC[NH+](C)C)c1=S. The molecule has 0 saturated carbocycles. The molecule has 0 aliphatic heterocycles. The number of hydrogen-bond acceptors (Lipinski definition) is 2. The van der Waals surface area contributed by atoms with Gasteiger partial charge in [0.15, 0.2) is 12.5 Å². The number of nitrogens with zero attached hydrogens (tertiary/aromatic N) is 3. The Morgan fingerprint density at radius 2 is 1.44 bits per heavy atom. The average molecular weight is 394 g/mol. The second-order valence-corrected chi connectivity index (χ2v) is 8.43. The van der Waals surface area contributed by atoms with Crippen molar-refractivity contribution in [2.24, 2.45) is 7.05 Å². The van der Waals surface area contributed by atoms with Crippen molar-refractivity contribution in [3.63, 3.8) is 0 Å². The van der Waals surface area contributed by atoms with Crippen LogP contribution in [0.1, 0.15) is 12.8 Å². The van der Waals surface area contributed by atoms with E-state index >= 15 is 0 Å². The average Bonchev–Trinajstić information content (AvgIpc) is 2.90. The molecule has 0 aliphatic rings. The minimum atomic E-state index is 0.794. The summed E-state index contributed by atoms with van der Waals surface area (Å²) < 4.78 is 4.83. The molecule has 2 aromatic rings. The van der Waals surface area contributed by atoms with E-state index in [1.165, 1.54) is 35.7 Å². The van der Waals surface area contributed by atoms with Gasteiger partial charge in [-0.15, -0.1) is 5.10 Å². The smallest absolute Gasteiger partial charge is 0.202 e. The number of rotatable bonds is 11. The lowest BCUT2D eigenvalue weighted by molar-refractivity contribution is -0.933. The van der Waals surface area contributed by atoms with Gasteiger partial charge in [-0.25, -0.2) is 0 Å². The molecule has 7 heteroatoms. The van der Waals surface area contributed by atoms with E-state index in [1.807, 2.05) is 34.5 Å². The van der Waals surface area contributed by atoms with Gasteiger partial charge in [0.25, 0.3) is 0 Å². The summed E-state index contributed by atoms with van der Waals surface area (Å²) in [5.41, 5.74) is 1.11. The highest BCUT2D eigenvalue weighted by molar-refractivity contribution is 7.71. The Morgan fingerprint density at radius 1 is 0.889 bits per heavy atom. The Labute approximate surface area is 169 Å². The van der Waals surface area contributed by atoms with Crippen molar-refractivity contribution in [2.45, 2.75) is 19.5 Å². The first-order chi connectivity index (χ1) is 12.9. The number of nitrogens with one attached hydrogen (secondary N) is 3. The van der Waals surface area contributed by atoms with Gasteiger partial charge >= 0.3 is 0 Å². The Morgan fingerprint density at radius 3 is 1.96 bits per heavy atom. The first kappa shape index (κ1) is 21.8. The van der Waals surface area contributed by atoms with Gasteiger partial charge < -0.3 is 19.3 Å². The largest absolute Gasteiger partial charge is 0.340 e. The Hall–Kier alpha value is -1.54. The molecule has 0 atom stereocenters. The highest BCUT2D eigenvalue weighted by atomic mass is 32.1. The van der Waals surface area contributed by atoms with Crippen LogP contribution in [-0.4, -0.2) is 68.7 Å². The van der Waals surface area contributed by atoms with E-state index in [0.717, 1.165) is 35.9 Å². The van der Waals surface area contributed by atoms with Crippen LogP contribution in [0.25, 0.3) is 11.4 Å². The number of quaternary nitrogens is 3. The van der Waals surface area contributed by atoms with Gasteiger partial charge in [-0.3, -0.25) is 0 Å². The normalized spacial score (nSPS) is 11.9. The first-order valence-corrected chi connectivity index (χ1v) is 10.4. The fraction of sp³-hybridized carbons (Fsp3) is 0.600. The third kappa shape index (κ3) is 6.84. The fourth-order valence-corrected chi connectivity index (χ4v) is 3.50. The monoisotopic (exact) mass is 393 g/mol. The van der Waals surface area contributed by atoms with Crippen LogP contribution in [-0.2, 0) is 13.7 Å². The maximum Gasteiger partial charge on any atom is 0.202 e. The third-order valence-corrected chi connectivity index (χ3v) is 5.35. The summed E-state index contributed by atoms with van der Waals surface area (Å²) in [6.45, 7) is 5.56. The molecule has 2 rings (SSSR count). The van der Waals surface area contributed by atoms with Crippen LogP contribution in [0.3, 0.4) is 0 Å². The van der Waals surface area contributed by atoms with E-state index in [2.05, 4.69) is 40.3 Å². The summed E-state index contributed by atoms with van der Waals surface area (Å²) in [6.07, 6.45) is 2.44. The second kappa shape index (κ2) is 10.7. The van der Waals surface area contributed by atoms with Crippen molar-refractivity contribution >= 4 is 12.2 Å². The van der Waals surface area contributed by atoms with Gasteiger partial charge in [0, 0.05) is 25.5 Å². The third-order valence-electron chi connectivity index (χ3n) is 4.86. The maximum absolute atomic E-state index is 5.68. The molecule has 6 nitrogen and oxygen atoms in total. The van der Waals surface area contributed by atoms with Crippen LogP contribution >= 0.6 is 12.2 Å². The van der Waals surface area contributed by atoms with Crippen LogP contribution in [0, 0.1) is 4.77 Å². The molecule has 3 N–H and O–H groups in total. The molecule has 1 aromatic carbocycles. The number of aromatic nitrogens is 3. The van der Waals surface area contributed by atoms with Crippen LogP contribution in [0.4, 0.5) is 0 Å². The molecular formula is C20H37N6S+3. The van der Waals surface area contributed by atoms with Crippen molar-refractivity contribution in [3.8, 4) is 11.4 Å². The Balaban J connectivity index is 2.11. The number of hydrogen-bond donors (Lipinski definition) is 3.